The molecule has 130 valence electrons. The van der Waals surface area contributed by atoms with Crippen molar-refractivity contribution >= 4 is 21.2 Å². The second-order valence-electron chi connectivity index (χ2n) is 4.45. The molecule has 1 aromatic carbocycles. The van der Waals surface area contributed by atoms with E-state index in [9.17, 15) is 39.5 Å². The van der Waals surface area contributed by atoms with Gasteiger partial charge in [-0.25, -0.2) is 0 Å². The molecule has 0 N–H and O–H groups in total. The minimum atomic E-state index is -5.34. The van der Waals surface area contributed by atoms with Gasteiger partial charge in [0.25, 0.3) is 0 Å². The van der Waals surface area contributed by atoms with Gasteiger partial charge in [-0.15, -0.1) is 0 Å². The molecule has 0 aromatic heterocycles. The van der Waals surface area contributed by atoms with Crippen molar-refractivity contribution in [2.45, 2.75) is 18.5 Å². The van der Waals surface area contributed by atoms with E-state index in [1.165, 1.54) is 18.8 Å². The third kappa shape index (κ3) is 5.33. The van der Waals surface area contributed by atoms with Crippen LogP contribution in [0.3, 0.4) is 0 Å². The van der Waals surface area contributed by atoms with Crippen molar-refractivity contribution in [3.05, 3.63) is 28.8 Å². The van der Waals surface area contributed by atoms with Gasteiger partial charge in [-0.05, 0) is 34.1 Å². The number of nitrogens with zero attached hydrogens (tertiary/aromatic N) is 1. The highest BCUT2D eigenvalue weighted by Crippen LogP contribution is 2.41. The first-order valence-electron chi connectivity index (χ1n) is 5.62. The summed E-state index contributed by atoms with van der Waals surface area (Å²) < 4.78 is 117. The number of benzene rings is 1. The van der Waals surface area contributed by atoms with E-state index in [2.05, 4.69) is 0 Å². The molecule has 1 aromatic rings. The molecule has 0 spiro atoms. The number of hydrogen-bond acceptors (Lipinski definition) is 0. The minimum absolute atomic E-state index is 0.0537. The van der Waals surface area contributed by atoms with Crippen molar-refractivity contribution in [2.24, 2.45) is 0 Å². The van der Waals surface area contributed by atoms with Gasteiger partial charge in [0.2, 0.25) is 0 Å². The van der Waals surface area contributed by atoms with Gasteiger partial charge >= 0.3 is 18.5 Å². The Balaban J connectivity index is 3.82. The zero-order valence-electron chi connectivity index (χ0n) is 11.4. The van der Waals surface area contributed by atoms with E-state index in [1.54, 1.807) is 0 Å². The van der Waals surface area contributed by atoms with Gasteiger partial charge in [0, 0.05) is 13.3 Å². The monoisotopic (exact) mass is 387 g/mol. The van der Waals surface area contributed by atoms with Crippen molar-refractivity contribution in [3.63, 3.8) is 0 Å². The fourth-order valence-electron chi connectivity index (χ4n) is 1.47. The number of rotatable bonds is 2. The first kappa shape index (κ1) is 20.2. The maximum Gasteiger partial charge on any atom is 0.417 e. The van der Waals surface area contributed by atoms with E-state index in [0.29, 0.717) is 0 Å². The zero-order valence-corrected chi connectivity index (χ0v) is 13.2. The third-order valence-corrected chi connectivity index (χ3v) is 5.44. The van der Waals surface area contributed by atoms with E-state index in [4.69, 9.17) is 0 Å². The van der Waals surface area contributed by atoms with Crippen LogP contribution in [0.2, 0.25) is 0 Å². The lowest BCUT2D eigenvalue weighted by atomic mass is 10.0. The average molecular weight is 387 g/mol. The molecule has 0 saturated carbocycles. The predicted molar refractivity (Wildman–Crippen MR) is 68.6 cm³/mol. The SMILES string of the molecule is CN(C)P=Pc1c(C(F)(F)F)cc(C(F)(F)F)cc1C(F)(F)F. The predicted octanol–water partition coefficient (Wildman–Crippen LogP) is 5.65. The Labute approximate surface area is 127 Å². The maximum atomic E-state index is 13.0. The molecule has 0 atom stereocenters. The average Bonchev–Trinajstić information content (AvgIpc) is 2.31. The molecule has 0 heterocycles. The highest BCUT2D eigenvalue weighted by atomic mass is 31.7. The summed E-state index contributed by atoms with van der Waals surface area (Å²) in [6.45, 7) is 0. The van der Waals surface area contributed by atoms with E-state index < -0.39 is 48.4 Å². The van der Waals surface area contributed by atoms with Crippen LogP contribution in [-0.4, -0.2) is 18.8 Å². The van der Waals surface area contributed by atoms with E-state index in [-0.39, 0.29) is 20.2 Å². The Morgan fingerprint density at radius 1 is 0.739 bits per heavy atom. The summed E-state index contributed by atoms with van der Waals surface area (Å²) in [5.74, 6) is 0. The summed E-state index contributed by atoms with van der Waals surface area (Å²) in [6.07, 6.45) is -16.0. The lowest BCUT2D eigenvalue weighted by Gasteiger charge is -2.19. The molecular weight excluding hydrogens is 379 g/mol. The fourth-order valence-corrected chi connectivity index (χ4v) is 3.79. The highest BCUT2D eigenvalue weighted by molar-refractivity contribution is 7.86. The minimum Gasteiger partial charge on any atom is -0.260 e. The molecule has 0 unspecified atom stereocenters. The van der Waals surface area contributed by atoms with Crippen LogP contribution in [0.5, 0.6) is 0 Å². The maximum absolute atomic E-state index is 13.0. The molecule has 0 amide bonds. The quantitative estimate of drug-likeness (QED) is 0.468. The van der Waals surface area contributed by atoms with Crippen molar-refractivity contribution in [1.82, 2.24) is 4.67 Å². The van der Waals surface area contributed by atoms with Gasteiger partial charge in [-0.2, -0.15) is 39.5 Å². The van der Waals surface area contributed by atoms with Gasteiger partial charge in [-0.3, -0.25) is 4.67 Å². The second kappa shape index (κ2) is 6.57. The van der Waals surface area contributed by atoms with Crippen LogP contribution in [0.15, 0.2) is 12.1 Å². The van der Waals surface area contributed by atoms with Gasteiger partial charge < -0.3 is 0 Å². The summed E-state index contributed by atoms with van der Waals surface area (Å²) in [5, 5.41) is -1.23. The molecule has 1 nitrogen and oxygen atoms in total. The molecule has 0 radical (unpaired) electrons. The van der Waals surface area contributed by atoms with E-state index >= 15 is 0 Å². The topological polar surface area (TPSA) is 3.24 Å². The zero-order chi connectivity index (χ0) is 18.2. The molecule has 0 aliphatic rings. The first-order valence-corrected chi connectivity index (χ1v) is 8.07. The summed E-state index contributed by atoms with van der Waals surface area (Å²) in [5.41, 5.74) is -5.86. The van der Waals surface area contributed by atoms with Gasteiger partial charge in [0.05, 0.1) is 16.7 Å². The van der Waals surface area contributed by atoms with Crippen LogP contribution < -0.4 is 5.30 Å². The molecule has 23 heavy (non-hydrogen) atoms. The summed E-state index contributed by atoms with van der Waals surface area (Å²) >= 11 is 0. The smallest absolute Gasteiger partial charge is 0.260 e. The number of alkyl halides is 9. The Morgan fingerprint density at radius 2 is 1.13 bits per heavy atom. The van der Waals surface area contributed by atoms with Crippen LogP contribution in [-0.2, 0) is 18.5 Å². The van der Waals surface area contributed by atoms with Crippen molar-refractivity contribution in [3.8, 4) is 0 Å². The Kier molecular flexibility index (Phi) is 5.77. The molecule has 0 aliphatic carbocycles. The Bertz CT molecular complexity index is 564. The standard InChI is InChI=1S/C11H8F9NP2/c1-21(2)23-22-8-6(10(15,16)17)3-5(9(12,13)14)4-7(8)11(18,19)20/h3-4H,1-2H3. The molecule has 12 heteroatoms. The molecule has 0 saturated heterocycles. The normalized spacial score (nSPS) is 14.1. The number of hydrogen-bond donors (Lipinski definition) is 0. The van der Waals surface area contributed by atoms with Crippen molar-refractivity contribution in [1.29, 1.82) is 0 Å². The molecule has 0 aliphatic heterocycles. The van der Waals surface area contributed by atoms with Crippen LogP contribution >= 0.6 is 15.9 Å². The highest BCUT2D eigenvalue weighted by Gasteiger charge is 2.44. The van der Waals surface area contributed by atoms with Crippen molar-refractivity contribution < 1.29 is 39.5 Å². The fraction of sp³-hybridized carbons (Fsp3) is 0.455. The van der Waals surface area contributed by atoms with Crippen LogP contribution in [0.25, 0.3) is 0 Å². The Hall–Kier alpha value is -0.850. The van der Waals surface area contributed by atoms with E-state index in [1.807, 2.05) is 0 Å². The van der Waals surface area contributed by atoms with Gasteiger partial charge in [0.1, 0.15) is 0 Å². The molecule has 0 bridgehead atoms. The summed E-state index contributed by atoms with van der Waals surface area (Å²) in [4.78, 5) is 0. The lowest BCUT2D eigenvalue weighted by Crippen LogP contribution is -2.25. The van der Waals surface area contributed by atoms with Gasteiger partial charge in [-0.1, -0.05) is 0 Å². The summed E-state index contributed by atoms with van der Waals surface area (Å²) in [6, 6.07) is -0.578. The van der Waals surface area contributed by atoms with Crippen LogP contribution in [0.4, 0.5) is 39.5 Å². The molecule has 0 fully saturated rings. The van der Waals surface area contributed by atoms with Crippen LogP contribution in [0, 0.1) is 0 Å². The second-order valence-corrected chi connectivity index (χ2v) is 7.21. The van der Waals surface area contributed by atoms with E-state index in [0.717, 1.165) is 0 Å². The Morgan fingerprint density at radius 3 is 1.39 bits per heavy atom. The lowest BCUT2D eigenvalue weighted by molar-refractivity contribution is -0.147. The third-order valence-electron chi connectivity index (χ3n) is 2.37. The number of halogens is 9. The van der Waals surface area contributed by atoms with Gasteiger partial charge in [0.15, 0.2) is 0 Å². The largest absolute Gasteiger partial charge is 0.417 e. The molecular formula is C11H8F9NP2. The first-order chi connectivity index (χ1) is 10.1. The van der Waals surface area contributed by atoms with Crippen LogP contribution in [0.1, 0.15) is 16.7 Å². The molecule has 1 rings (SSSR count). The van der Waals surface area contributed by atoms with Crippen molar-refractivity contribution in [2.75, 3.05) is 14.1 Å². The summed E-state index contributed by atoms with van der Waals surface area (Å²) in [7, 11) is 2.43.